The molecule has 0 bridgehead atoms. The van der Waals surface area contributed by atoms with Crippen LogP contribution in [-0.4, -0.2) is 32.3 Å². The Morgan fingerprint density at radius 2 is 1.93 bits per heavy atom. The Morgan fingerprint density at radius 3 is 2.64 bits per heavy atom. The number of nitro benzene ring substituents is 1. The minimum Gasteiger partial charge on any atom is -0.355 e. The summed E-state index contributed by atoms with van der Waals surface area (Å²) in [5, 5.41) is 14.1. The van der Waals surface area contributed by atoms with Crippen LogP contribution in [0, 0.1) is 16.0 Å². The van der Waals surface area contributed by atoms with Crippen LogP contribution in [0.25, 0.3) is 0 Å². The Labute approximate surface area is 167 Å². The number of hydrogen-bond donors (Lipinski definition) is 2. The van der Waals surface area contributed by atoms with Gasteiger partial charge in [0.15, 0.2) is 0 Å². The minimum absolute atomic E-state index is 0.0275. The maximum Gasteiger partial charge on any atom is 0.270 e. The number of nitro groups is 1. The van der Waals surface area contributed by atoms with Crippen LogP contribution in [0.15, 0.2) is 53.4 Å². The molecule has 2 atom stereocenters. The van der Waals surface area contributed by atoms with Crippen molar-refractivity contribution in [2.75, 3.05) is 13.1 Å². The summed E-state index contributed by atoms with van der Waals surface area (Å²) in [5.41, 5.74) is 0.631. The van der Waals surface area contributed by atoms with E-state index in [4.69, 9.17) is 11.6 Å². The van der Waals surface area contributed by atoms with Gasteiger partial charge in [0.25, 0.3) is 5.69 Å². The molecule has 148 valence electrons. The van der Waals surface area contributed by atoms with Gasteiger partial charge in [0.05, 0.1) is 9.82 Å². The molecular formula is C18H18ClN3O5S. The highest BCUT2D eigenvalue weighted by Crippen LogP contribution is 2.49. The number of nitrogens with zero attached hydrogens (tertiary/aromatic N) is 1. The number of carbonyl (C=O) groups excluding carboxylic acids is 1. The van der Waals surface area contributed by atoms with E-state index >= 15 is 0 Å². The number of non-ortho nitro benzene ring substituents is 1. The minimum atomic E-state index is -3.90. The van der Waals surface area contributed by atoms with Gasteiger partial charge in [0.1, 0.15) is 0 Å². The van der Waals surface area contributed by atoms with Gasteiger partial charge in [0.2, 0.25) is 15.9 Å². The van der Waals surface area contributed by atoms with Gasteiger partial charge in [-0.05, 0) is 30.0 Å². The molecular weight excluding hydrogens is 406 g/mol. The standard InChI is InChI=1S/C18H18ClN3O5S/c19-17-7-2-1-6-14(17)15-11-16(15)18(23)20-8-9-21-28(26,27)13-5-3-4-12(10-13)22(24)25/h1-7,10,15-16,21H,8-9,11H2,(H,20,23). The number of sulfonamides is 1. The molecule has 1 aliphatic carbocycles. The fourth-order valence-electron chi connectivity index (χ4n) is 2.95. The van der Waals surface area contributed by atoms with Crippen LogP contribution in [0.3, 0.4) is 0 Å². The van der Waals surface area contributed by atoms with Gasteiger partial charge in [-0.15, -0.1) is 0 Å². The number of benzene rings is 2. The van der Waals surface area contributed by atoms with E-state index in [1.54, 1.807) is 6.07 Å². The van der Waals surface area contributed by atoms with Crippen LogP contribution >= 0.6 is 11.6 Å². The highest BCUT2D eigenvalue weighted by atomic mass is 35.5. The molecule has 0 radical (unpaired) electrons. The molecule has 8 nitrogen and oxygen atoms in total. The molecule has 1 saturated carbocycles. The lowest BCUT2D eigenvalue weighted by atomic mass is 10.1. The SMILES string of the molecule is O=C(NCCNS(=O)(=O)c1cccc([N+](=O)[O-])c1)C1CC1c1ccccc1Cl. The van der Waals surface area contributed by atoms with Gasteiger partial charge in [0, 0.05) is 36.2 Å². The molecule has 0 heterocycles. The number of hydrogen-bond acceptors (Lipinski definition) is 5. The normalized spacial score (nSPS) is 18.5. The molecule has 3 rings (SSSR count). The maximum atomic E-state index is 12.2. The molecule has 2 N–H and O–H groups in total. The summed E-state index contributed by atoms with van der Waals surface area (Å²) in [6, 6.07) is 12.2. The molecule has 0 spiro atoms. The van der Waals surface area contributed by atoms with E-state index in [9.17, 15) is 23.3 Å². The monoisotopic (exact) mass is 423 g/mol. The van der Waals surface area contributed by atoms with E-state index in [0.29, 0.717) is 11.4 Å². The van der Waals surface area contributed by atoms with Crippen molar-refractivity contribution in [3.63, 3.8) is 0 Å². The van der Waals surface area contributed by atoms with Crippen molar-refractivity contribution in [2.45, 2.75) is 17.2 Å². The zero-order valence-corrected chi connectivity index (χ0v) is 16.2. The third kappa shape index (κ3) is 4.67. The van der Waals surface area contributed by atoms with E-state index in [1.165, 1.54) is 18.2 Å². The van der Waals surface area contributed by atoms with Crippen molar-refractivity contribution >= 4 is 33.2 Å². The lowest BCUT2D eigenvalue weighted by Crippen LogP contribution is -2.35. The molecule has 1 amide bonds. The Morgan fingerprint density at radius 1 is 1.18 bits per heavy atom. The Hall–Kier alpha value is -2.49. The summed E-state index contributed by atoms with van der Waals surface area (Å²) in [6.45, 7) is 0.0823. The van der Waals surface area contributed by atoms with E-state index in [-0.39, 0.29) is 41.4 Å². The van der Waals surface area contributed by atoms with Crippen LogP contribution in [0.5, 0.6) is 0 Å². The summed E-state index contributed by atoms with van der Waals surface area (Å²) in [6.07, 6.45) is 0.703. The van der Waals surface area contributed by atoms with E-state index in [2.05, 4.69) is 10.0 Å². The van der Waals surface area contributed by atoms with E-state index in [1.807, 2.05) is 18.2 Å². The lowest BCUT2D eigenvalue weighted by molar-refractivity contribution is -0.385. The van der Waals surface area contributed by atoms with Crippen molar-refractivity contribution in [1.29, 1.82) is 0 Å². The summed E-state index contributed by atoms with van der Waals surface area (Å²) < 4.78 is 26.7. The summed E-state index contributed by atoms with van der Waals surface area (Å²) >= 11 is 6.14. The molecule has 1 fully saturated rings. The highest BCUT2D eigenvalue weighted by Gasteiger charge is 2.44. The second kappa shape index (κ2) is 8.26. The second-order valence-electron chi connectivity index (χ2n) is 6.41. The first-order valence-corrected chi connectivity index (χ1v) is 10.4. The van der Waals surface area contributed by atoms with Gasteiger partial charge in [-0.1, -0.05) is 35.9 Å². The van der Waals surface area contributed by atoms with Crippen LogP contribution in [-0.2, 0) is 14.8 Å². The van der Waals surface area contributed by atoms with Crippen molar-refractivity contribution in [1.82, 2.24) is 10.0 Å². The smallest absolute Gasteiger partial charge is 0.270 e. The number of rotatable bonds is 8. The average Bonchev–Trinajstić information content (AvgIpc) is 3.46. The molecule has 0 aromatic heterocycles. The van der Waals surface area contributed by atoms with Crippen LogP contribution in [0.4, 0.5) is 5.69 Å². The summed E-state index contributed by atoms with van der Waals surface area (Å²) in [7, 11) is -3.90. The number of halogens is 1. The third-order valence-electron chi connectivity index (χ3n) is 4.49. The highest BCUT2D eigenvalue weighted by molar-refractivity contribution is 7.89. The second-order valence-corrected chi connectivity index (χ2v) is 8.59. The number of carbonyl (C=O) groups is 1. The topological polar surface area (TPSA) is 118 Å². The van der Waals surface area contributed by atoms with Crippen LogP contribution in [0.2, 0.25) is 5.02 Å². The summed E-state index contributed by atoms with van der Waals surface area (Å²) in [4.78, 5) is 22.1. The third-order valence-corrected chi connectivity index (χ3v) is 6.29. The molecule has 0 saturated heterocycles. The van der Waals surface area contributed by atoms with Gasteiger partial charge in [-0.2, -0.15) is 0 Å². The predicted octanol–water partition coefficient (Wildman–Crippen LogP) is 2.45. The molecule has 2 aromatic rings. The lowest BCUT2D eigenvalue weighted by Gasteiger charge is -2.08. The maximum absolute atomic E-state index is 12.2. The van der Waals surface area contributed by atoms with Crippen LogP contribution < -0.4 is 10.0 Å². The zero-order valence-electron chi connectivity index (χ0n) is 14.7. The molecule has 28 heavy (non-hydrogen) atoms. The van der Waals surface area contributed by atoms with E-state index < -0.39 is 14.9 Å². The van der Waals surface area contributed by atoms with Gasteiger partial charge >= 0.3 is 0 Å². The first kappa shape index (κ1) is 20.2. The molecule has 10 heteroatoms. The van der Waals surface area contributed by atoms with Crippen molar-refractivity contribution < 1.29 is 18.1 Å². The molecule has 0 aliphatic heterocycles. The molecule has 2 unspecified atom stereocenters. The average molecular weight is 424 g/mol. The van der Waals surface area contributed by atoms with E-state index in [0.717, 1.165) is 11.6 Å². The molecule has 2 aromatic carbocycles. The fraction of sp³-hybridized carbons (Fsp3) is 0.278. The first-order valence-electron chi connectivity index (χ1n) is 8.56. The quantitative estimate of drug-likeness (QED) is 0.384. The van der Waals surface area contributed by atoms with Crippen molar-refractivity contribution in [2.24, 2.45) is 5.92 Å². The van der Waals surface area contributed by atoms with Gasteiger partial charge < -0.3 is 5.32 Å². The Kier molecular flexibility index (Phi) is 5.97. The van der Waals surface area contributed by atoms with Crippen LogP contribution in [0.1, 0.15) is 17.9 Å². The Bertz CT molecular complexity index is 1010. The summed E-state index contributed by atoms with van der Waals surface area (Å²) in [5.74, 6) is -0.247. The predicted molar refractivity (Wildman–Crippen MR) is 104 cm³/mol. The first-order chi connectivity index (χ1) is 13.3. The zero-order chi connectivity index (χ0) is 20.3. The fourth-order valence-corrected chi connectivity index (χ4v) is 4.30. The largest absolute Gasteiger partial charge is 0.355 e. The Balaban J connectivity index is 1.48. The van der Waals surface area contributed by atoms with Crippen molar-refractivity contribution in [3.05, 3.63) is 69.2 Å². The van der Waals surface area contributed by atoms with Gasteiger partial charge in [-0.25, -0.2) is 13.1 Å². The van der Waals surface area contributed by atoms with Crippen molar-refractivity contribution in [3.8, 4) is 0 Å². The number of amides is 1. The number of nitrogens with one attached hydrogen (secondary N) is 2. The van der Waals surface area contributed by atoms with Gasteiger partial charge in [-0.3, -0.25) is 14.9 Å². The molecule has 1 aliphatic rings.